The van der Waals surface area contributed by atoms with E-state index in [2.05, 4.69) is 5.32 Å². The number of rotatable bonds is 2. The molecular weight excluding hydrogens is 321 g/mol. The molecule has 0 radical (unpaired) electrons. The quantitative estimate of drug-likeness (QED) is 0.785. The first-order valence-corrected chi connectivity index (χ1v) is 6.40. The Morgan fingerprint density at radius 1 is 1.44 bits per heavy atom. The molecule has 0 saturated carbocycles. The van der Waals surface area contributed by atoms with Gasteiger partial charge in [-0.05, 0) is 17.9 Å². The van der Waals surface area contributed by atoms with Crippen molar-refractivity contribution in [3.63, 3.8) is 0 Å². The molecule has 5 heteroatoms. The number of hydrogen-bond donors (Lipinski definition) is 1. The van der Waals surface area contributed by atoms with Gasteiger partial charge in [0.2, 0.25) is 0 Å². The average Bonchev–Trinajstić information content (AvgIpc) is 2.19. The van der Waals surface area contributed by atoms with E-state index in [4.69, 9.17) is 9.47 Å². The van der Waals surface area contributed by atoms with Crippen LogP contribution in [-0.4, -0.2) is 24.4 Å². The van der Waals surface area contributed by atoms with E-state index in [9.17, 15) is 4.79 Å². The van der Waals surface area contributed by atoms with Gasteiger partial charge in [-0.3, -0.25) is 4.79 Å². The van der Waals surface area contributed by atoms with E-state index in [0.717, 1.165) is 0 Å². The third-order valence-corrected chi connectivity index (χ3v) is 2.79. The zero-order chi connectivity index (χ0) is 12.4. The second-order valence-electron chi connectivity index (χ2n) is 4.98. The molecule has 1 saturated heterocycles. The van der Waals surface area contributed by atoms with Gasteiger partial charge in [0, 0.05) is 11.6 Å². The van der Waals surface area contributed by atoms with Crippen LogP contribution in [0.25, 0.3) is 0 Å². The summed E-state index contributed by atoms with van der Waals surface area (Å²) in [4.78, 5) is 11.9. The summed E-state index contributed by atoms with van der Waals surface area (Å²) in [6, 6.07) is 0. The monoisotopic (exact) mass is 339 g/mol. The van der Waals surface area contributed by atoms with Crippen LogP contribution in [0.4, 0.5) is 0 Å². The summed E-state index contributed by atoms with van der Waals surface area (Å²) in [5, 5.41) is 2.69. The molecule has 0 aromatic heterocycles. The predicted molar refractivity (Wildman–Crippen MR) is 70.0 cm³/mol. The van der Waals surface area contributed by atoms with Crippen LogP contribution in [0.15, 0.2) is 10.3 Å². The van der Waals surface area contributed by atoms with Gasteiger partial charge in [-0.1, -0.05) is 36.4 Å². The van der Waals surface area contributed by atoms with Crippen LogP contribution in [0, 0.1) is 5.41 Å². The number of carbonyl (C=O) groups excluding carboxylic acids is 1. The third-order valence-electron chi connectivity index (χ3n) is 2.43. The lowest BCUT2D eigenvalue weighted by molar-refractivity contribution is -0.303. The summed E-state index contributed by atoms with van der Waals surface area (Å²) < 4.78 is 13.0. The number of carbonyl (C=O) groups is 1. The van der Waals surface area contributed by atoms with E-state index in [1.54, 1.807) is 10.3 Å². The van der Waals surface area contributed by atoms with Crippen molar-refractivity contribution in [1.29, 1.82) is 0 Å². The van der Waals surface area contributed by atoms with E-state index in [1.807, 2.05) is 50.3 Å². The fourth-order valence-corrected chi connectivity index (χ4v) is 1.69. The van der Waals surface area contributed by atoms with Crippen LogP contribution in [0.5, 0.6) is 0 Å². The van der Waals surface area contributed by atoms with Crippen molar-refractivity contribution in [2.45, 2.75) is 39.6 Å². The summed E-state index contributed by atoms with van der Waals surface area (Å²) in [7, 11) is 0. The highest BCUT2D eigenvalue weighted by Gasteiger charge is 2.45. The van der Waals surface area contributed by atoms with Gasteiger partial charge in [-0.25, -0.2) is 0 Å². The molecule has 1 aliphatic rings. The van der Waals surface area contributed by atoms with E-state index in [1.165, 1.54) is 0 Å². The van der Waals surface area contributed by atoms with Crippen molar-refractivity contribution >= 4 is 28.5 Å². The van der Waals surface area contributed by atoms with Gasteiger partial charge in [-0.2, -0.15) is 0 Å². The largest absolute Gasteiger partial charge is 0.350 e. The highest BCUT2D eigenvalue weighted by Crippen LogP contribution is 2.34. The number of hydrogen-bond acceptors (Lipinski definition) is 3. The first kappa shape index (κ1) is 13.9. The molecular formula is C11H18INO3. The number of nitrogens with one attached hydrogen (secondary N) is 1. The van der Waals surface area contributed by atoms with Crippen molar-refractivity contribution < 1.29 is 14.3 Å². The topological polar surface area (TPSA) is 47.6 Å². The Morgan fingerprint density at radius 3 is 2.62 bits per heavy atom. The second kappa shape index (κ2) is 5.01. The van der Waals surface area contributed by atoms with Gasteiger partial charge in [0.1, 0.15) is 6.10 Å². The minimum absolute atomic E-state index is 0.130. The molecule has 1 heterocycles. The van der Waals surface area contributed by atoms with E-state index in [-0.39, 0.29) is 11.3 Å². The van der Waals surface area contributed by atoms with Gasteiger partial charge < -0.3 is 14.8 Å². The maximum Gasteiger partial charge on any atom is 0.253 e. The molecule has 0 aromatic carbocycles. The zero-order valence-electron chi connectivity index (χ0n) is 10.0. The normalized spacial score (nSPS) is 27.9. The van der Waals surface area contributed by atoms with E-state index in [0.29, 0.717) is 6.61 Å². The fraction of sp³-hybridized carbons (Fsp3) is 0.727. The van der Waals surface area contributed by atoms with E-state index < -0.39 is 11.9 Å². The highest BCUT2D eigenvalue weighted by atomic mass is 127. The maximum absolute atomic E-state index is 11.9. The number of halogens is 1. The van der Waals surface area contributed by atoms with Crippen LogP contribution in [0.3, 0.4) is 0 Å². The Morgan fingerprint density at radius 2 is 2.06 bits per heavy atom. The molecule has 0 spiro atoms. The third kappa shape index (κ3) is 3.43. The molecule has 1 rings (SSSR count). The molecule has 1 N–H and O–H groups in total. The Bertz CT molecular complexity index is 300. The van der Waals surface area contributed by atoms with Crippen LogP contribution < -0.4 is 5.32 Å². The Hall–Kier alpha value is -0.140. The summed E-state index contributed by atoms with van der Waals surface area (Å²) in [6.07, 6.45) is 1.11. The van der Waals surface area contributed by atoms with Gasteiger partial charge in [0.05, 0.1) is 6.61 Å². The standard InChI is InChI=1S/C11H18INO3/c1-10(2)7-15-11(3,4)16-8(10)9(14)13-6-5-12/h5-6,8H,7H2,1-4H3,(H,13,14)/b6-5-. The molecule has 0 aliphatic carbocycles. The zero-order valence-corrected chi connectivity index (χ0v) is 12.2. The summed E-state index contributed by atoms with van der Waals surface area (Å²) in [5.41, 5.74) is -0.321. The minimum Gasteiger partial charge on any atom is -0.350 e. The Kier molecular flexibility index (Phi) is 4.36. The molecule has 0 aromatic rings. The molecule has 1 amide bonds. The second-order valence-corrected chi connectivity index (χ2v) is 5.70. The average molecular weight is 339 g/mol. The van der Waals surface area contributed by atoms with Gasteiger partial charge in [0.15, 0.2) is 5.79 Å². The highest BCUT2D eigenvalue weighted by molar-refractivity contribution is 14.1. The fourth-order valence-electron chi connectivity index (χ4n) is 1.51. The van der Waals surface area contributed by atoms with Crippen molar-refractivity contribution in [1.82, 2.24) is 5.32 Å². The lowest BCUT2D eigenvalue weighted by atomic mass is 9.85. The van der Waals surface area contributed by atoms with Crippen LogP contribution in [-0.2, 0) is 14.3 Å². The molecule has 1 atom stereocenters. The van der Waals surface area contributed by atoms with Gasteiger partial charge in [-0.15, -0.1) is 0 Å². The SMILES string of the molecule is CC1(C)OCC(C)(C)C(C(=O)N/C=C\I)O1. The first-order chi connectivity index (χ1) is 7.28. The lowest BCUT2D eigenvalue weighted by Crippen LogP contribution is -2.55. The van der Waals surface area contributed by atoms with Crippen molar-refractivity contribution in [2.24, 2.45) is 5.41 Å². The summed E-state index contributed by atoms with van der Waals surface area (Å²) in [6.45, 7) is 8.06. The van der Waals surface area contributed by atoms with Crippen molar-refractivity contribution in [3.8, 4) is 0 Å². The van der Waals surface area contributed by atoms with Crippen LogP contribution >= 0.6 is 22.6 Å². The van der Waals surface area contributed by atoms with Gasteiger partial charge >= 0.3 is 0 Å². The van der Waals surface area contributed by atoms with Gasteiger partial charge in [0.25, 0.3) is 5.91 Å². The molecule has 92 valence electrons. The van der Waals surface area contributed by atoms with Crippen molar-refractivity contribution in [3.05, 3.63) is 10.3 Å². The number of amides is 1. The lowest BCUT2D eigenvalue weighted by Gasteiger charge is -2.44. The molecule has 1 aliphatic heterocycles. The number of ether oxygens (including phenoxy) is 2. The molecule has 1 fully saturated rings. The minimum atomic E-state index is -0.703. The maximum atomic E-state index is 11.9. The molecule has 4 nitrogen and oxygen atoms in total. The van der Waals surface area contributed by atoms with Crippen LogP contribution in [0.2, 0.25) is 0 Å². The molecule has 0 bridgehead atoms. The first-order valence-electron chi connectivity index (χ1n) is 5.16. The molecule has 1 unspecified atom stereocenters. The van der Waals surface area contributed by atoms with Crippen molar-refractivity contribution in [2.75, 3.05) is 6.61 Å². The Labute approximate surface area is 110 Å². The smallest absolute Gasteiger partial charge is 0.253 e. The summed E-state index contributed by atoms with van der Waals surface area (Å²) >= 11 is 2.05. The predicted octanol–water partition coefficient (Wildman–Crippen LogP) is 2.19. The van der Waals surface area contributed by atoms with Crippen LogP contribution in [0.1, 0.15) is 27.7 Å². The van der Waals surface area contributed by atoms with E-state index >= 15 is 0 Å². The Balaban J connectivity index is 2.77. The summed E-state index contributed by atoms with van der Waals surface area (Å²) in [5.74, 6) is -0.833. The molecule has 16 heavy (non-hydrogen) atoms.